The number of carbonyl (C=O) groups is 1. The highest BCUT2D eigenvalue weighted by Gasteiger charge is 2.33. The van der Waals surface area contributed by atoms with Gasteiger partial charge in [-0.2, -0.15) is 0 Å². The molecule has 0 unspecified atom stereocenters. The molecule has 0 saturated carbocycles. The van der Waals surface area contributed by atoms with E-state index < -0.39 is 0 Å². The summed E-state index contributed by atoms with van der Waals surface area (Å²) in [5.74, 6) is 1.78. The Hall–Kier alpha value is -3.12. The molecule has 1 aromatic heterocycles. The molecule has 0 bridgehead atoms. The van der Waals surface area contributed by atoms with Crippen molar-refractivity contribution in [2.45, 2.75) is 6.42 Å². The van der Waals surface area contributed by atoms with Crippen LogP contribution in [0.5, 0.6) is 17.4 Å². The number of benzene rings is 2. The second kappa shape index (κ2) is 7.72. The van der Waals surface area contributed by atoms with Crippen LogP contribution in [-0.4, -0.2) is 57.1 Å². The normalized spacial score (nSPS) is 12.2. The molecule has 0 amide bonds. The number of rotatable bonds is 7. The van der Waals surface area contributed by atoms with Crippen molar-refractivity contribution in [1.29, 1.82) is 0 Å². The Morgan fingerprint density at radius 3 is 2.38 bits per heavy atom. The summed E-state index contributed by atoms with van der Waals surface area (Å²) in [6.45, 7) is 1.44. The minimum Gasteiger partial charge on any atom is -0.497 e. The van der Waals surface area contributed by atoms with Gasteiger partial charge < -0.3 is 19.1 Å². The van der Waals surface area contributed by atoms with E-state index in [-0.39, 0.29) is 5.78 Å². The summed E-state index contributed by atoms with van der Waals surface area (Å²) in [7, 11) is 7.26. The SMILES string of the molecule is COc1ccc2c(c1)C(=O)c1c-2c(OCCCN(C)C)nc2ccc(OC)cc12. The first-order valence-corrected chi connectivity index (χ1v) is 9.56. The highest BCUT2D eigenvalue weighted by atomic mass is 16.5. The van der Waals surface area contributed by atoms with Crippen molar-refractivity contribution in [3.05, 3.63) is 47.5 Å². The average Bonchev–Trinajstić information content (AvgIpc) is 3.03. The summed E-state index contributed by atoms with van der Waals surface area (Å²) in [6, 6.07) is 11.1. The van der Waals surface area contributed by atoms with Gasteiger partial charge >= 0.3 is 0 Å². The molecule has 150 valence electrons. The van der Waals surface area contributed by atoms with E-state index in [1.165, 1.54) is 0 Å². The second-order valence-electron chi connectivity index (χ2n) is 7.30. The monoisotopic (exact) mass is 392 g/mol. The van der Waals surface area contributed by atoms with E-state index in [1.54, 1.807) is 20.3 Å². The molecule has 0 saturated heterocycles. The molecule has 29 heavy (non-hydrogen) atoms. The molecule has 0 radical (unpaired) electrons. The summed E-state index contributed by atoms with van der Waals surface area (Å²) < 4.78 is 16.8. The standard InChI is InChI=1S/C23H24N2O4/c1-25(2)10-5-11-29-23-21-16-8-6-14(27-3)12-17(16)22(26)20(21)18-13-15(28-4)7-9-19(18)24-23/h6-9,12-13H,5,10-11H2,1-4H3. The maximum atomic E-state index is 13.4. The second-order valence-corrected chi connectivity index (χ2v) is 7.30. The maximum Gasteiger partial charge on any atom is 0.222 e. The number of hydrogen-bond acceptors (Lipinski definition) is 6. The zero-order valence-electron chi connectivity index (χ0n) is 17.1. The molecule has 1 aliphatic carbocycles. The molecule has 1 aliphatic rings. The fraction of sp³-hybridized carbons (Fsp3) is 0.304. The lowest BCUT2D eigenvalue weighted by Crippen LogP contribution is -2.16. The van der Waals surface area contributed by atoms with Gasteiger partial charge in [0.2, 0.25) is 5.88 Å². The molecule has 1 heterocycles. The first-order chi connectivity index (χ1) is 14.0. The molecule has 6 nitrogen and oxygen atoms in total. The van der Waals surface area contributed by atoms with Gasteiger partial charge in [0.05, 0.1) is 31.9 Å². The van der Waals surface area contributed by atoms with Crippen LogP contribution < -0.4 is 14.2 Å². The van der Waals surface area contributed by atoms with Gasteiger partial charge in [0.25, 0.3) is 0 Å². The van der Waals surface area contributed by atoms with E-state index in [0.29, 0.717) is 40.6 Å². The van der Waals surface area contributed by atoms with Crippen LogP contribution >= 0.6 is 0 Å². The van der Waals surface area contributed by atoms with Crippen molar-refractivity contribution in [3.63, 3.8) is 0 Å². The Morgan fingerprint density at radius 2 is 1.66 bits per heavy atom. The summed E-state index contributed by atoms with van der Waals surface area (Å²) in [5, 5.41) is 0.764. The number of pyridine rings is 1. The first kappa shape index (κ1) is 19.2. The van der Waals surface area contributed by atoms with Crippen molar-refractivity contribution in [2.75, 3.05) is 41.5 Å². The Balaban J connectivity index is 1.87. The zero-order chi connectivity index (χ0) is 20.5. The lowest BCUT2D eigenvalue weighted by molar-refractivity contribution is 0.104. The maximum absolute atomic E-state index is 13.4. The number of carbonyl (C=O) groups excluding carboxylic acids is 1. The minimum atomic E-state index is -0.0484. The summed E-state index contributed by atoms with van der Waals surface area (Å²) in [4.78, 5) is 20.2. The number of fused-ring (bicyclic) bond motifs is 5. The number of ketones is 1. The Kier molecular flexibility index (Phi) is 5.11. The first-order valence-electron chi connectivity index (χ1n) is 9.56. The van der Waals surface area contributed by atoms with Gasteiger partial charge in [0.15, 0.2) is 5.78 Å². The highest BCUT2D eigenvalue weighted by molar-refractivity contribution is 6.28. The molecule has 0 aliphatic heterocycles. The van der Waals surface area contributed by atoms with Gasteiger partial charge in [-0.1, -0.05) is 0 Å². The van der Waals surface area contributed by atoms with E-state index in [9.17, 15) is 4.79 Å². The number of aromatic nitrogens is 1. The molecule has 0 fully saturated rings. The average molecular weight is 392 g/mol. The Morgan fingerprint density at radius 1 is 0.931 bits per heavy atom. The van der Waals surface area contributed by atoms with Gasteiger partial charge in [-0.3, -0.25) is 4.79 Å². The summed E-state index contributed by atoms with van der Waals surface area (Å²) in [6.07, 6.45) is 0.869. The molecule has 0 N–H and O–H groups in total. The van der Waals surface area contributed by atoms with Crippen LogP contribution in [0, 0.1) is 0 Å². The van der Waals surface area contributed by atoms with Crippen LogP contribution in [0.3, 0.4) is 0 Å². The largest absolute Gasteiger partial charge is 0.497 e. The lowest BCUT2D eigenvalue weighted by Gasteiger charge is -2.14. The molecule has 0 spiro atoms. The van der Waals surface area contributed by atoms with Gasteiger partial charge in [-0.25, -0.2) is 4.98 Å². The lowest BCUT2D eigenvalue weighted by atomic mass is 10.0. The van der Waals surface area contributed by atoms with E-state index in [2.05, 4.69) is 4.90 Å². The van der Waals surface area contributed by atoms with Gasteiger partial charge in [0, 0.05) is 23.1 Å². The van der Waals surface area contributed by atoms with Crippen LogP contribution in [0.4, 0.5) is 0 Å². The van der Waals surface area contributed by atoms with E-state index in [4.69, 9.17) is 19.2 Å². The molecule has 4 rings (SSSR count). The van der Waals surface area contributed by atoms with Gasteiger partial charge in [-0.15, -0.1) is 0 Å². The highest BCUT2D eigenvalue weighted by Crippen LogP contribution is 2.46. The zero-order valence-corrected chi connectivity index (χ0v) is 17.1. The van der Waals surface area contributed by atoms with Crippen molar-refractivity contribution >= 4 is 16.7 Å². The summed E-state index contributed by atoms with van der Waals surface area (Å²) in [5.41, 5.74) is 3.50. The fourth-order valence-corrected chi connectivity index (χ4v) is 3.68. The molecule has 0 atom stereocenters. The Labute approximate surface area is 170 Å². The van der Waals surface area contributed by atoms with E-state index >= 15 is 0 Å². The number of nitrogens with zero attached hydrogens (tertiary/aromatic N) is 2. The van der Waals surface area contributed by atoms with E-state index in [1.807, 2.05) is 44.4 Å². The van der Waals surface area contributed by atoms with Crippen LogP contribution in [0.15, 0.2) is 36.4 Å². The number of hydrogen-bond donors (Lipinski definition) is 0. The number of methoxy groups -OCH3 is 2. The summed E-state index contributed by atoms with van der Waals surface area (Å²) >= 11 is 0. The topological polar surface area (TPSA) is 60.9 Å². The van der Waals surface area contributed by atoms with Crippen molar-refractivity contribution in [2.24, 2.45) is 0 Å². The molecule has 2 aromatic carbocycles. The van der Waals surface area contributed by atoms with Crippen molar-refractivity contribution < 1.29 is 19.0 Å². The van der Waals surface area contributed by atoms with Crippen molar-refractivity contribution in [3.8, 4) is 28.5 Å². The van der Waals surface area contributed by atoms with Crippen LogP contribution in [0.2, 0.25) is 0 Å². The molecular formula is C23H24N2O4. The third-order valence-corrected chi connectivity index (χ3v) is 5.12. The molecule has 6 heteroatoms. The smallest absolute Gasteiger partial charge is 0.222 e. The minimum absolute atomic E-state index is 0.0484. The van der Waals surface area contributed by atoms with Crippen LogP contribution in [0.1, 0.15) is 22.3 Å². The third kappa shape index (κ3) is 3.40. The Bertz CT molecular complexity index is 1090. The quantitative estimate of drug-likeness (QED) is 0.446. The van der Waals surface area contributed by atoms with Crippen LogP contribution in [-0.2, 0) is 0 Å². The van der Waals surface area contributed by atoms with E-state index in [0.717, 1.165) is 29.5 Å². The fourth-order valence-electron chi connectivity index (χ4n) is 3.68. The third-order valence-electron chi connectivity index (χ3n) is 5.12. The predicted molar refractivity (Wildman–Crippen MR) is 112 cm³/mol. The van der Waals surface area contributed by atoms with Gasteiger partial charge in [-0.05, 0) is 62.5 Å². The predicted octanol–water partition coefficient (Wildman–Crippen LogP) is 3.79. The van der Waals surface area contributed by atoms with Gasteiger partial charge in [0.1, 0.15) is 11.5 Å². The molecule has 3 aromatic rings. The van der Waals surface area contributed by atoms with Crippen LogP contribution in [0.25, 0.3) is 22.0 Å². The molecular weight excluding hydrogens is 368 g/mol. The van der Waals surface area contributed by atoms with Crippen molar-refractivity contribution in [1.82, 2.24) is 9.88 Å². The number of ether oxygens (including phenoxy) is 3.